The molecule has 18 heavy (non-hydrogen) atoms. The minimum Gasteiger partial charge on any atom is -0.312 e. The molecule has 2 aromatic rings. The van der Waals surface area contributed by atoms with Crippen LogP contribution < -0.4 is 5.32 Å². The molecule has 1 unspecified atom stereocenters. The number of hydrogen-bond donors (Lipinski definition) is 1. The summed E-state index contributed by atoms with van der Waals surface area (Å²) in [6, 6.07) is 19.6. The van der Waals surface area contributed by atoms with E-state index < -0.39 is 0 Å². The van der Waals surface area contributed by atoms with Crippen molar-refractivity contribution < 1.29 is 0 Å². The summed E-state index contributed by atoms with van der Waals surface area (Å²) in [7, 11) is 0. The quantitative estimate of drug-likeness (QED) is 0.846. The highest BCUT2D eigenvalue weighted by atomic mass is 14.9. The van der Waals surface area contributed by atoms with E-state index >= 15 is 0 Å². The van der Waals surface area contributed by atoms with Crippen LogP contribution in [0.15, 0.2) is 54.6 Å². The predicted octanol–water partition coefficient (Wildman–Crippen LogP) is 3.19. The van der Waals surface area contributed by atoms with Crippen molar-refractivity contribution >= 4 is 0 Å². The van der Waals surface area contributed by atoms with Gasteiger partial charge in [-0.15, -0.1) is 0 Å². The number of rotatable bonds is 2. The summed E-state index contributed by atoms with van der Waals surface area (Å²) in [4.78, 5) is 0. The molecule has 0 aliphatic carbocycles. The van der Waals surface area contributed by atoms with Crippen LogP contribution in [0.2, 0.25) is 0 Å². The van der Waals surface area contributed by atoms with E-state index in [1.807, 2.05) is 0 Å². The van der Waals surface area contributed by atoms with Crippen LogP contribution in [0.3, 0.4) is 0 Å². The van der Waals surface area contributed by atoms with Crippen LogP contribution in [0.5, 0.6) is 0 Å². The molecule has 1 nitrogen and oxygen atoms in total. The average Bonchev–Trinajstić information content (AvgIpc) is 2.61. The molecule has 2 aromatic carbocycles. The van der Waals surface area contributed by atoms with Gasteiger partial charge in [0, 0.05) is 6.54 Å². The van der Waals surface area contributed by atoms with E-state index in [0.717, 1.165) is 13.1 Å². The minimum atomic E-state index is 0.705. The molecule has 0 aromatic heterocycles. The topological polar surface area (TPSA) is 12.0 Å². The molecular weight excluding hydrogens is 218 g/mol. The van der Waals surface area contributed by atoms with Gasteiger partial charge < -0.3 is 5.32 Å². The molecule has 0 amide bonds. The summed E-state index contributed by atoms with van der Waals surface area (Å²) in [5.41, 5.74) is 4.43. The molecule has 1 aliphatic heterocycles. The molecule has 0 bridgehead atoms. The zero-order chi connectivity index (χ0) is 12.2. The second-order valence-electron chi connectivity index (χ2n) is 5.16. The fraction of sp³-hybridized carbons (Fsp3) is 0.294. The molecule has 0 radical (unpaired) electrons. The van der Waals surface area contributed by atoms with Crippen LogP contribution in [0.25, 0.3) is 0 Å². The Balaban J connectivity index is 1.75. The van der Waals surface area contributed by atoms with Crippen molar-refractivity contribution in [1.82, 2.24) is 5.32 Å². The highest BCUT2D eigenvalue weighted by Crippen LogP contribution is 2.20. The van der Waals surface area contributed by atoms with E-state index in [-0.39, 0.29) is 0 Å². The smallest absolute Gasteiger partial charge is 0.0208 e. The lowest BCUT2D eigenvalue weighted by atomic mass is 9.92. The maximum Gasteiger partial charge on any atom is 0.0208 e. The van der Waals surface area contributed by atoms with Crippen LogP contribution >= 0.6 is 0 Å². The Kier molecular flexibility index (Phi) is 3.42. The van der Waals surface area contributed by atoms with Gasteiger partial charge in [-0.25, -0.2) is 0 Å². The van der Waals surface area contributed by atoms with Gasteiger partial charge in [-0.1, -0.05) is 54.6 Å². The fourth-order valence-corrected chi connectivity index (χ4v) is 2.81. The third-order valence-corrected chi connectivity index (χ3v) is 3.74. The summed E-state index contributed by atoms with van der Waals surface area (Å²) in [5.74, 6) is 0.705. The molecule has 1 heterocycles. The molecule has 1 atom stereocenters. The first kappa shape index (κ1) is 11.5. The lowest BCUT2D eigenvalue weighted by Crippen LogP contribution is -2.22. The van der Waals surface area contributed by atoms with Crippen molar-refractivity contribution in [2.45, 2.75) is 19.4 Å². The highest BCUT2D eigenvalue weighted by Gasteiger charge is 2.16. The lowest BCUT2D eigenvalue weighted by Gasteiger charge is -2.14. The number of nitrogens with one attached hydrogen (secondary N) is 1. The molecule has 0 fully saturated rings. The predicted molar refractivity (Wildman–Crippen MR) is 75.5 cm³/mol. The van der Waals surface area contributed by atoms with Gasteiger partial charge in [-0.2, -0.15) is 0 Å². The molecule has 3 rings (SSSR count). The third-order valence-electron chi connectivity index (χ3n) is 3.74. The molecule has 1 N–H and O–H groups in total. The SMILES string of the molecule is c1ccc(CC2CNCc3ccccc3C2)cc1. The van der Waals surface area contributed by atoms with Gasteiger partial charge in [0.05, 0.1) is 0 Å². The van der Waals surface area contributed by atoms with Gasteiger partial charge >= 0.3 is 0 Å². The summed E-state index contributed by atoms with van der Waals surface area (Å²) in [5, 5.41) is 3.57. The molecule has 92 valence electrons. The Morgan fingerprint density at radius 1 is 0.889 bits per heavy atom. The summed E-state index contributed by atoms with van der Waals surface area (Å²) >= 11 is 0. The van der Waals surface area contributed by atoms with Crippen LogP contribution in [-0.2, 0) is 19.4 Å². The van der Waals surface area contributed by atoms with Gasteiger partial charge in [0.2, 0.25) is 0 Å². The molecule has 0 spiro atoms. The zero-order valence-corrected chi connectivity index (χ0v) is 10.6. The second kappa shape index (κ2) is 5.36. The van der Waals surface area contributed by atoms with E-state index in [1.54, 1.807) is 0 Å². The largest absolute Gasteiger partial charge is 0.312 e. The standard InChI is InChI=1S/C17H19N/c1-2-6-14(7-3-1)10-15-11-16-8-4-5-9-17(16)13-18-12-15/h1-9,15,18H,10-13H2. The van der Waals surface area contributed by atoms with E-state index in [0.29, 0.717) is 5.92 Å². The number of fused-ring (bicyclic) bond motifs is 1. The van der Waals surface area contributed by atoms with Crippen LogP contribution in [0.4, 0.5) is 0 Å². The van der Waals surface area contributed by atoms with Crippen molar-refractivity contribution in [3.05, 3.63) is 71.3 Å². The van der Waals surface area contributed by atoms with Crippen molar-refractivity contribution in [3.63, 3.8) is 0 Å². The maximum atomic E-state index is 3.57. The summed E-state index contributed by atoms with van der Waals surface area (Å²) in [6.07, 6.45) is 2.36. The summed E-state index contributed by atoms with van der Waals surface area (Å²) < 4.78 is 0. The first-order chi connectivity index (χ1) is 8.92. The monoisotopic (exact) mass is 237 g/mol. The lowest BCUT2D eigenvalue weighted by molar-refractivity contribution is 0.488. The Morgan fingerprint density at radius 2 is 1.61 bits per heavy atom. The molecule has 1 heteroatoms. The first-order valence-corrected chi connectivity index (χ1v) is 6.73. The Bertz CT molecular complexity index is 504. The number of hydrogen-bond acceptors (Lipinski definition) is 1. The fourth-order valence-electron chi connectivity index (χ4n) is 2.81. The molecule has 0 saturated carbocycles. The highest BCUT2D eigenvalue weighted by molar-refractivity contribution is 5.29. The van der Waals surface area contributed by atoms with Crippen LogP contribution in [-0.4, -0.2) is 6.54 Å². The van der Waals surface area contributed by atoms with Gasteiger partial charge in [0.25, 0.3) is 0 Å². The van der Waals surface area contributed by atoms with Crippen molar-refractivity contribution in [3.8, 4) is 0 Å². The minimum absolute atomic E-state index is 0.705. The number of benzene rings is 2. The first-order valence-electron chi connectivity index (χ1n) is 6.73. The van der Waals surface area contributed by atoms with Crippen LogP contribution in [0, 0.1) is 5.92 Å². The maximum absolute atomic E-state index is 3.57. The van der Waals surface area contributed by atoms with Gasteiger partial charge in [-0.05, 0) is 42.0 Å². The second-order valence-corrected chi connectivity index (χ2v) is 5.16. The Labute approximate surface area is 109 Å². The Hall–Kier alpha value is -1.60. The van der Waals surface area contributed by atoms with Crippen molar-refractivity contribution in [2.75, 3.05) is 6.54 Å². The molecule has 1 aliphatic rings. The normalized spacial score (nSPS) is 19.0. The Morgan fingerprint density at radius 3 is 2.44 bits per heavy atom. The van der Waals surface area contributed by atoms with E-state index in [2.05, 4.69) is 59.9 Å². The molecular formula is C17H19N. The van der Waals surface area contributed by atoms with Gasteiger partial charge in [-0.3, -0.25) is 0 Å². The van der Waals surface area contributed by atoms with Crippen molar-refractivity contribution in [2.24, 2.45) is 5.92 Å². The summed E-state index contributed by atoms with van der Waals surface area (Å²) in [6.45, 7) is 2.13. The average molecular weight is 237 g/mol. The van der Waals surface area contributed by atoms with E-state index in [9.17, 15) is 0 Å². The van der Waals surface area contributed by atoms with Crippen molar-refractivity contribution in [1.29, 1.82) is 0 Å². The van der Waals surface area contributed by atoms with E-state index in [1.165, 1.54) is 29.5 Å². The molecule has 0 saturated heterocycles. The third kappa shape index (κ3) is 2.62. The van der Waals surface area contributed by atoms with Gasteiger partial charge in [0.1, 0.15) is 0 Å². The van der Waals surface area contributed by atoms with Crippen LogP contribution in [0.1, 0.15) is 16.7 Å². The van der Waals surface area contributed by atoms with E-state index in [4.69, 9.17) is 0 Å². The zero-order valence-electron chi connectivity index (χ0n) is 10.6. The van der Waals surface area contributed by atoms with Gasteiger partial charge in [0.15, 0.2) is 0 Å².